The van der Waals surface area contributed by atoms with Crippen LogP contribution in [0.1, 0.15) is 45.6 Å². The van der Waals surface area contributed by atoms with Crippen molar-refractivity contribution >= 4 is 6.09 Å². The molecule has 126 valence electrons. The molecule has 1 unspecified atom stereocenters. The maximum Gasteiger partial charge on any atom is 0.407 e. The van der Waals surface area contributed by atoms with E-state index in [1.165, 1.54) is 0 Å². The molecule has 0 spiro atoms. The van der Waals surface area contributed by atoms with Crippen molar-refractivity contribution in [2.75, 3.05) is 0 Å². The zero-order chi connectivity index (χ0) is 16.7. The van der Waals surface area contributed by atoms with Gasteiger partial charge in [0.15, 0.2) is 0 Å². The van der Waals surface area contributed by atoms with E-state index >= 15 is 0 Å². The fourth-order valence-corrected chi connectivity index (χ4v) is 2.23. The highest BCUT2D eigenvalue weighted by Gasteiger charge is 2.21. The molecule has 1 aromatic rings. The molecule has 1 amide bonds. The number of alkyl carbamates (subject to hydrolysis) is 1. The van der Waals surface area contributed by atoms with Gasteiger partial charge in [0.2, 0.25) is 0 Å². The molecule has 0 bridgehead atoms. The second kappa shape index (κ2) is 7.97. The summed E-state index contributed by atoms with van der Waals surface area (Å²) in [4.78, 5) is 21.2. The molecule has 0 radical (unpaired) electrons. The molecule has 1 aromatic heterocycles. The smallest absolute Gasteiger partial charge is 0.407 e. The normalized spacial score (nSPS) is 18.0. The van der Waals surface area contributed by atoms with Crippen LogP contribution in [0.25, 0.3) is 0 Å². The van der Waals surface area contributed by atoms with E-state index < -0.39 is 5.60 Å². The fraction of sp³-hybridized carbons (Fsp3) is 0.529. The molecule has 1 atom stereocenters. The topological polar surface area (TPSA) is 72.5 Å². The minimum atomic E-state index is -0.471. The van der Waals surface area contributed by atoms with Crippen LogP contribution >= 0.6 is 0 Å². The van der Waals surface area contributed by atoms with Gasteiger partial charge in [-0.15, -0.1) is 0 Å². The Morgan fingerprint density at radius 1 is 1.43 bits per heavy atom. The van der Waals surface area contributed by atoms with Crippen molar-refractivity contribution in [1.82, 2.24) is 15.8 Å². The Balaban J connectivity index is 1.68. The fourth-order valence-electron chi connectivity index (χ4n) is 2.23. The van der Waals surface area contributed by atoms with Gasteiger partial charge in [-0.3, -0.25) is 15.3 Å². The van der Waals surface area contributed by atoms with Crippen molar-refractivity contribution in [3.05, 3.63) is 41.9 Å². The third kappa shape index (κ3) is 6.69. The van der Waals surface area contributed by atoms with Crippen molar-refractivity contribution in [3.8, 4) is 0 Å². The van der Waals surface area contributed by atoms with Gasteiger partial charge in [0.25, 0.3) is 0 Å². The third-order valence-corrected chi connectivity index (χ3v) is 3.30. The number of ether oxygens (including phenoxy) is 1. The number of allylic oxidation sites excluding steroid dienone is 1. The zero-order valence-corrected chi connectivity index (χ0v) is 14.0. The van der Waals surface area contributed by atoms with Crippen molar-refractivity contribution in [3.63, 3.8) is 0 Å². The molecule has 6 heteroatoms. The van der Waals surface area contributed by atoms with Crippen LogP contribution < -0.4 is 10.8 Å². The lowest BCUT2D eigenvalue weighted by Gasteiger charge is -2.26. The molecule has 0 saturated heterocycles. The van der Waals surface area contributed by atoms with E-state index in [4.69, 9.17) is 9.57 Å². The van der Waals surface area contributed by atoms with E-state index in [-0.39, 0.29) is 12.1 Å². The summed E-state index contributed by atoms with van der Waals surface area (Å²) in [5.74, 6) is 0. The summed E-state index contributed by atoms with van der Waals surface area (Å²) in [7, 11) is 0. The van der Waals surface area contributed by atoms with Gasteiger partial charge >= 0.3 is 6.09 Å². The second-order valence-electron chi connectivity index (χ2n) is 6.60. The highest BCUT2D eigenvalue weighted by Crippen LogP contribution is 2.17. The van der Waals surface area contributed by atoms with Crippen LogP contribution in [0.5, 0.6) is 0 Å². The number of hydrogen-bond donors (Lipinski definition) is 2. The summed E-state index contributed by atoms with van der Waals surface area (Å²) < 4.78 is 5.26. The number of hydroxylamine groups is 1. The molecule has 1 aliphatic rings. The summed E-state index contributed by atoms with van der Waals surface area (Å²) in [6, 6.07) is 3.95. The van der Waals surface area contributed by atoms with Crippen molar-refractivity contribution in [2.45, 2.75) is 58.3 Å². The highest BCUT2D eigenvalue weighted by atomic mass is 16.6. The molecule has 1 heterocycles. The standard InChI is InChI=1S/C17H25N3O3/c1-17(2,3)23-16(21)19-14-6-8-15(9-7-14)20-22-12-13-5-4-10-18-11-13/h4-5,8,10-11,14,20H,6-7,9,12H2,1-3H3,(H,19,21). The van der Waals surface area contributed by atoms with Crippen molar-refractivity contribution < 1.29 is 14.4 Å². The summed E-state index contributed by atoms with van der Waals surface area (Å²) in [6.45, 7) is 6.03. The molecule has 0 saturated carbocycles. The number of nitrogens with zero attached hydrogens (tertiary/aromatic N) is 1. The maximum absolute atomic E-state index is 11.7. The van der Waals surface area contributed by atoms with Gasteiger partial charge in [0, 0.05) is 24.1 Å². The minimum Gasteiger partial charge on any atom is -0.444 e. The molecule has 0 aliphatic heterocycles. The molecule has 6 nitrogen and oxygen atoms in total. The summed E-state index contributed by atoms with van der Waals surface area (Å²) >= 11 is 0. The zero-order valence-electron chi connectivity index (χ0n) is 14.0. The maximum atomic E-state index is 11.7. The van der Waals surface area contributed by atoms with Gasteiger partial charge in [-0.05, 0) is 51.7 Å². The van der Waals surface area contributed by atoms with Crippen LogP contribution in [0.4, 0.5) is 4.79 Å². The lowest BCUT2D eigenvalue weighted by Crippen LogP contribution is -2.40. The van der Waals surface area contributed by atoms with E-state index in [9.17, 15) is 4.79 Å². The van der Waals surface area contributed by atoms with Gasteiger partial charge < -0.3 is 10.1 Å². The first kappa shape index (κ1) is 17.3. The minimum absolute atomic E-state index is 0.105. The average molecular weight is 319 g/mol. The number of hydrogen-bond acceptors (Lipinski definition) is 5. The molecule has 0 aromatic carbocycles. The van der Waals surface area contributed by atoms with Gasteiger partial charge in [0.05, 0.1) is 0 Å². The number of carbonyl (C=O) groups is 1. The number of nitrogens with one attached hydrogen (secondary N) is 2. The Kier molecular flexibility index (Phi) is 5.98. The number of pyridine rings is 1. The van der Waals surface area contributed by atoms with Crippen molar-refractivity contribution in [1.29, 1.82) is 0 Å². The molecule has 1 aliphatic carbocycles. The average Bonchev–Trinajstić information content (AvgIpc) is 2.48. The van der Waals surface area contributed by atoms with Crippen LogP contribution in [-0.2, 0) is 16.2 Å². The first-order chi connectivity index (χ1) is 10.9. The van der Waals surface area contributed by atoms with E-state index in [0.29, 0.717) is 6.61 Å². The number of rotatable bonds is 5. The molecule has 2 rings (SSSR count). The predicted molar refractivity (Wildman–Crippen MR) is 87.3 cm³/mol. The molecule has 0 fully saturated rings. The Labute approximate surface area is 137 Å². The van der Waals surface area contributed by atoms with Crippen LogP contribution in [0.3, 0.4) is 0 Å². The largest absolute Gasteiger partial charge is 0.444 e. The SMILES string of the molecule is CC(C)(C)OC(=O)NC1CC=C(NOCc2cccnc2)CC1. The summed E-state index contributed by atoms with van der Waals surface area (Å²) in [5, 5.41) is 2.90. The first-order valence-electron chi connectivity index (χ1n) is 7.87. The third-order valence-electron chi connectivity index (χ3n) is 3.30. The Morgan fingerprint density at radius 3 is 2.87 bits per heavy atom. The van der Waals surface area contributed by atoms with Gasteiger partial charge in [-0.25, -0.2) is 4.79 Å². The van der Waals surface area contributed by atoms with Crippen LogP contribution in [-0.4, -0.2) is 22.7 Å². The van der Waals surface area contributed by atoms with Gasteiger partial charge in [-0.1, -0.05) is 12.1 Å². The molecule has 2 N–H and O–H groups in total. The molecular formula is C17H25N3O3. The summed E-state index contributed by atoms with van der Waals surface area (Å²) in [5.41, 5.74) is 4.55. The van der Waals surface area contributed by atoms with E-state index in [1.807, 2.05) is 32.9 Å². The van der Waals surface area contributed by atoms with E-state index in [1.54, 1.807) is 12.4 Å². The predicted octanol–water partition coefficient (Wildman–Crippen LogP) is 3.06. The lowest BCUT2D eigenvalue weighted by atomic mass is 10.00. The van der Waals surface area contributed by atoms with Crippen LogP contribution in [0.15, 0.2) is 36.3 Å². The quantitative estimate of drug-likeness (QED) is 0.816. The highest BCUT2D eigenvalue weighted by molar-refractivity contribution is 5.68. The Morgan fingerprint density at radius 2 is 2.26 bits per heavy atom. The second-order valence-corrected chi connectivity index (χ2v) is 6.60. The van der Waals surface area contributed by atoms with Gasteiger partial charge in [0.1, 0.15) is 12.2 Å². The summed E-state index contributed by atoms with van der Waals surface area (Å²) in [6.07, 6.45) is 7.64. The molecule has 23 heavy (non-hydrogen) atoms. The van der Waals surface area contributed by atoms with Crippen LogP contribution in [0, 0.1) is 0 Å². The van der Waals surface area contributed by atoms with E-state index in [0.717, 1.165) is 30.5 Å². The lowest BCUT2D eigenvalue weighted by molar-refractivity contribution is 0.0433. The Bertz CT molecular complexity index is 538. The van der Waals surface area contributed by atoms with Crippen molar-refractivity contribution in [2.24, 2.45) is 0 Å². The van der Waals surface area contributed by atoms with Crippen LogP contribution in [0.2, 0.25) is 0 Å². The first-order valence-corrected chi connectivity index (χ1v) is 7.87. The number of amides is 1. The number of carbonyl (C=O) groups excluding carboxylic acids is 1. The van der Waals surface area contributed by atoms with E-state index in [2.05, 4.69) is 21.9 Å². The number of aromatic nitrogens is 1. The molecular weight excluding hydrogens is 294 g/mol. The Hall–Kier alpha value is -2.08. The monoisotopic (exact) mass is 319 g/mol. The van der Waals surface area contributed by atoms with Gasteiger partial charge in [-0.2, -0.15) is 0 Å².